The minimum absolute atomic E-state index is 0.0331. The molecule has 1 saturated heterocycles. The highest BCUT2D eigenvalue weighted by Crippen LogP contribution is 2.38. The van der Waals surface area contributed by atoms with Gasteiger partial charge in [0.05, 0.1) is 34.4 Å². The predicted molar refractivity (Wildman–Crippen MR) is 117 cm³/mol. The standard InChI is InChI=1S/C21H26N6O3S/c1-12-9-17(30-25-12)15-10-22-20(26(4)5)24-19(15)16-7-6-8-27(16)18(28)11-31-21-23-13(2)14(3)29-21/h9-10,16H,6-8,11H2,1-5H3. The van der Waals surface area contributed by atoms with E-state index in [4.69, 9.17) is 13.9 Å². The van der Waals surface area contributed by atoms with E-state index in [0.29, 0.717) is 23.5 Å². The second kappa shape index (κ2) is 8.70. The molecule has 4 rings (SSSR count). The summed E-state index contributed by atoms with van der Waals surface area (Å²) in [6.07, 6.45) is 3.50. The summed E-state index contributed by atoms with van der Waals surface area (Å²) < 4.78 is 11.1. The van der Waals surface area contributed by atoms with Gasteiger partial charge in [-0.05, 0) is 33.6 Å². The highest BCUT2D eigenvalue weighted by molar-refractivity contribution is 7.99. The average Bonchev–Trinajstić information content (AvgIpc) is 3.46. The number of hydrogen-bond donors (Lipinski definition) is 0. The average molecular weight is 443 g/mol. The number of thioether (sulfide) groups is 1. The van der Waals surface area contributed by atoms with Crippen LogP contribution in [0.5, 0.6) is 0 Å². The smallest absolute Gasteiger partial charge is 0.256 e. The number of carbonyl (C=O) groups is 1. The summed E-state index contributed by atoms with van der Waals surface area (Å²) in [5, 5.41) is 4.52. The van der Waals surface area contributed by atoms with Crippen LogP contribution >= 0.6 is 11.8 Å². The number of anilines is 1. The first-order valence-electron chi connectivity index (χ1n) is 10.2. The monoisotopic (exact) mass is 442 g/mol. The molecular weight excluding hydrogens is 416 g/mol. The van der Waals surface area contributed by atoms with Crippen molar-refractivity contribution < 1.29 is 13.7 Å². The van der Waals surface area contributed by atoms with Gasteiger partial charge in [-0.1, -0.05) is 16.9 Å². The molecule has 31 heavy (non-hydrogen) atoms. The van der Waals surface area contributed by atoms with Gasteiger partial charge in [-0.2, -0.15) is 0 Å². The molecular formula is C21H26N6O3S. The predicted octanol–water partition coefficient (Wildman–Crippen LogP) is 3.57. The second-order valence-corrected chi connectivity index (χ2v) is 8.78. The van der Waals surface area contributed by atoms with E-state index in [2.05, 4.69) is 15.1 Å². The third-order valence-corrected chi connectivity index (χ3v) is 6.13. The van der Waals surface area contributed by atoms with Crippen molar-refractivity contribution in [2.45, 2.75) is 44.9 Å². The number of nitrogens with zero attached hydrogens (tertiary/aromatic N) is 6. The van der Waals surface area contributed by atoms with Gasteiger partial charge in [-0.15, -0.1) is 0 Å². The molecule has 9 nitrogen and oxygen atoms in total. The molecule has 0 saturated carbocycles. The van der Waals surface area contributed by atoms with Crippen molar-refractivity contribution in [2.24, 2.45) is 0 Å². The number of aryl methyl sites for hydroxylation is 3. The number of carbonyl (C=O) groups excluding carboxylic acids is 1. The van der Waals surface area contributed by atoms with Crippen molar-refractivity contribution in [3.8, 4) is 11.3 Å². The molecule has 3 aromatic rings. The molecule has 1 aliphatic heterocycles. The van der Waals surface area contributed by atoms with Gasteiger partial charge in [0, 0.05) is 32.9 Å². The zero-order valence-corrected chi connectivity index (χ0v) is 19.2. The van der Waals surface area contributed by atoms with Gasteiger partial charge in [0.25, 0.3) is 5.22 Å². The number of oxazole rings is 1. The maximum Gasteiger partial charge on any atom is 0.256 e. The first-order valence-corrected chi connectivity index (χ1v) is 11.2. The summed E-state index contributed by atoms with van der Waals surface area (Å²) in [5.74, 6) is 2.27. The van der Waals surface area contributed by atoms with Gasteiger partial charge < -0.3 is 18.7 Å². The topological polar surface area (TPSA) is 101 Å². The van der Waals surface area contributed by atoms with Crippen LogP contribution in [0.15, 0.2) is 26.4 Å². The Hall–Kier alpha value is -2.88. The number of amides is 1. The summed E-state index contributed by atoms with van der Waals surface area (Å²) in [6.45, 7) is 6.32. The maximum absolute atomic E-state index is 13.1. The third kappa shape index (κ3) is 4.43. The van der Waals surface area contributed by atoms with Crippen LogP contribution in [0.4, 0.5) is 5.95 Å². The summed E-state index contributed by atoms with van der Waals surface area (Å²) in [5.41, 5.74) is 3.18. The van der Waals surface area contributed by atoms with Gasteiger partial charge in [-0.25, -0.2) is 15.0 Å². The van der Waals surface area contributed by atoms with Gasteiger partial charge in [0.2, 0.25) is 11.9 Å². The first kappa shape index (κ1) is 21.4. The maximum atomic E-state index is 13.1. The van der Waals surface area contributed by atoms with Crippen LogP contribution in [-0.2, 0) is 4.79 Å². The second-order valence-electron chi connectivity index (χ2n) is 7.85. The van der Waals surface area contributed by atoms with Crippen molar-refractivity contribution in [3.05, 3.63) is 35.1 Å². The van der Waals surface area contributed by atoms with Crippen molar-refractivity contribution in [1.82, 2.24) is 25.0 Å². The minimum Gasteiger partial charge on any atom is -0.437 e. The molecule has 164 valence electrons. The number of aromatic nitrogens is 4. The summed E-state index contributed by atoms with van der Waals surface area (Å²) in [7, 11) is 3.79. The number of likely N-dealkylation sites (tertiary alicyclic amines) is 1. The fourth-order valence-corrected chi connectivity index (χ4v) is 4.39. The van der Waals surface area contributed by atoms with Gasteiger partial charge in [0.1, 0.15) is 5.76 Å². The molecule has 1 fully saturated rings. The summed E-state index contributed by atoms with van der Waals surface area (Å²) >= 11 is 1.32. The minimum atomic E-state index is -0.150. The Morgan fingerprint density at radius 2 is 2.10 bits per heavy atom. The van der Waals surface area contributed by atoms with Crippen LogP contribution < -0.4 is 4.90 Å². The van der Waals surface area contributed by atoms with Crippen molar-refractivity contribution >= 4 is 23.6 Å². The molecule has 10 heteroatoms. The fraction of sp³-hybridized carbons (Fsp3) is 0.476. The molecule has 0 radical (unpaired) electrons. The molecule has 0 spiro atoms. The Labute approximate surface area is 185 Å². The zero-order valence-electron chi connectivity index (χ0n) is 18.4. The largest absolute Gasteiger partial charge is 0.437 e. The lowest BCUT2D eigenvalue weighted by Gasteiger charge is -2.26. The summed E-state index contributed by atoms with van der Waals surface area (Å²) in [6, 6.07) is 1.71. The van der Waals surface area contributed by atoms with Crippen molar-refractivity contribution in [2.75, 3.05) is 31.3 Å². The molecule has 0 aromatic carbocycles. The van der Waals surface area contributed by atoms with Crippen LogP contribution in [0, 0.1) is 20.8 Å². The third-order valence-electron chi connectivity index (χ3n) is 5.32. The summed E-state index contributed by atoms with van der Waals surface area (Å²) in [4.78, 5) is 30.5. The van der Waals surface area contributed by atoms with E-state index in [9.17, 15) is 4.79 Å². The first-order chi connectivity index (χ1) is 14.8. The SMILES string of the molecule is Cc1cc(-c2cnc(N(C)C)nc2C2CCCN2C(=O)CSc2nc(C)c(C)o2)on1. The van der Waals surface area contributed by atoms with Crippen LogP contribution in [0.25, 0.3) is 11.3 Å². The van der Waals surface area contributed by atoms with Crippen LogP contribution in [0.2, 0.25) is 0 Å². The lowest BCUT2D eigenvalue weighted by Crippen LogP contribution is -2.33. The molecule has 0 aliphatic carbocycles. The number of hydrogen-bond acceptors (Lipinski definition) is 9. The number of rotatable bonds is 6. The van der Waals surface area contributed by atoms with Gasteiger partial charge in [0.15, 0.2) is 5.76 Å². The Balaban J connectivity index is 1.60. The van der Waals surface area contributed by atoms with E-state index >= 15 is 0 Å². The Morgan fingerprint density at radius 3 is 2.74 bits per heavy atom. The van der Waals surface area contributed by atoms with E-state index < -0.39 is 0 Å². The molecule has 3 aromatic heterocycles. The molecule has 1 unspecified atom stereocenters. The van der Waals surface area contributed by atoms with Crippen molar-refractivity contribution in [3.63, 3.8) is 0 Å². The molecule has 0 N–H and O–H groups in total. The van der Waals surface area contributed by atoms with Crippen LogP contribution in [-0.4, -0.2) is 57.3 Å². The van der Waals surface area contributed by atoms with Gasteiger partial charge in [-0.3, -0.25) is 4.79 Å². The van der Waals surface area contributed by atoms with E-state index in [1.807, 2.05) is 50.7 Å². The fourth-order valence-electron chi connectivity index (χ4n) is 3.60. The van der Waals surface area contributed by atoms with E-state index in [0.717, 1.165) is 41.2 Å². The van der Waals surface area contributed by atoms with Gasteiger partial charge >= 0.3 is 0 Å². The van der Waals surface area contributed by atoms with E-state index in [1.54, 1.807) is 6.20 Å². The van der Waals surface area contributed by atoms with E-state index in [-0.39, 0.29) is 17.7 Å². The van der Waals surface area contributed by atoms with Crippen molar-refractivity contribution in [1.29, 1.82) is 0 Å². The lowest BCUT2D eigenvalue weighted by atomic mass is 10.0. The molecule has 1 aliphatic rings. The molecule has 1 atom stereocenters. The molecule has 4 heterocycles. The Bertz CT molecular complexity index is 1070. The quantitative estimate of drug-likeness (QED) is 0.530. The highest BCUT2D eigenvalue weighted by atomic mass is 32.2. The normalized spacial score (nSPS) is 16.2. The lowest BCUT2D eigenvalue weighted by molar-refractivity contribution is -0.129. The van der Waals surface area contributed by atoms with Crippen LogP contribution in [0.3, 0.4) is 0 Å². The highest BCUT2D eigenvalue weighted by Gasteiger charge is 2.34. The van der Waals surface area contributed by atoms with Crippen LogP contribution in [0.1, 0.15) is 41.7 Å². The zero-order chi connectivity index (χ0) is 22.1. The Kier molecular flexibility index (Phi) is 5.99. The van der Waals surface area contributed by atoms with E-state index in [1.165, 1.54) is 11.8 Å². The molecule has 1 amide bonds. The molecule has 0 bridgehead atoms. The Morgan fingerprint density at radius 1 is 1.29 bits per heavy atom.